The van der Waals surface area contributed by atoms with E-state index in [2.05, 4.69) is 4.74 Å². The minimum atomic E-state index is -0.484. The van der Waals surface area contributed by atoms with Crippen LogP contribution in [0, 0.1) is 5.82 Å². The third kappa shape index (κ3) is 3.55. The predicted molar refractivity (Wildman–Crippen MR) is 60.0 cm³/mol. The highest BCUT2D eigenvalue weighted by atomic mass is 19.1. The van der Waals surface area contributed by atoms with Crippen molar-refractivity contribution in [3.63, 3.8) is 0 Å². The first kappa shape index (κ1) is 13.2. The zero-order valence-corrected chi connectivity index (χ0v) is 9.77. The molecule has 5 heteroatoms. The van der Waals surface area contributed by atoms with Crippen molar-refractivity contribution in [1.82, 2.24) is 4.90 Å². The SMILES string of the molecule is CCN(CC(=O)OC)C(=O)c1ccc(F)cc1. The summed E-state index contributed by atoms with van der Waals surface area (Å²) in [6.45, 7) is 2.03. The summed E-state index contributed by atoms with van der Waals surface area (Å²) in [5.41, 5.74) is 0.345. The lowest BCUT2D eigenvalue weighted by Gasteiger charge is -2.19. The number of hydrogen-bond acceptors (Lipinski definition) is 3. The molecular weight excluding hydrogens is 225 g/mol. The molecule has 0 saturated carbocycles. The van der Waals surface area contributed by atoms with Crippen LogP contribution in [0.2, 0.25) is 0 Å². The van der Waals surface area contributed by atoms with E-state index in [1.165, 1.54) is 36.3 Å². The molecule has 0 spiro atoms. The van der Waals surface area contributed by atoms with Crippen molar-refractivity contribution in [2.45, 2.75) is 6.92 Å². The monoisotopic (exact) mass is 239 g/mol. The molecule has 0 fully saturated rings. The van der Waals surface area contributed by atoms with Crippen LogP contribution >= 0.6 is 0 Å². The maximum absolute atomic E-state index is 12.7. The fourth-order valence-electron chi connectivity index (χ4n) is 1.32. The van der Waals surface area contributed by atoms with Gasteiger partial charge in [0.2, 0.25) is 0 Å². The van der Waals surface area contributed by atoms with E-state index in [0.717, 1.165) is 0 Å². The number of methoxy groups -OCH3 is 1. The van der Waals surface area contributed by atoms with Crippen molar-refractivity contribution in [2.24, 2.45) is 0 Å². The van der Waals surface area contributed by atoms with Crippen LogP contribution in [0.4, 0.5) is 4.39 Å². The van der Waals surface area contributed by atoms with E-state index >= 15 is 0 Å². The number of carbonyl (C=O) groups is 2. The zero-order chi connectivity index (χ0) is 12.8. The number of likely N-dealkylation sites (N-methyl/N-ethyl adjacent to an activating group) is 1. The average molecular weight is 239 g/mol. The largest absolute Gasteiger partial charge is 0.468 e. The molecule has 0 aliphatic rings. The van der Waals surface area contributed by atoms with E-state index in [4.69, 9.17) is 0 Å². The van der Waals surface area contributed by atoms with E-state index in [1.54, 1.807) is 6.92 Å². The number of nitrogens with zero attached hydrogens (tertiary/aromatic N) is 1. The number of esters is 1. The number of hydrogen-bond donors (Lipinski definition) is 0. The van der Waals surface area contributed by atoms with Gasteiger partial charge in [-0.15, -0.1) is 0 Å². The molecule has 0 radical (unpaired) electrons. The van der Waals surface area contributed by atoms with E-state index < -0.39 is 11.8 Å². The summed E-state index contributed by atoms with van der Waals surface area (Å²) in [6.07, 6.45) is 0. The molecule has 1 aromatic carbocycles. The summed E-state index contributed by atoms with van der Waals surface area (Å²) >= 11 is 0. The van der Waals surface area contributed by atoms with Crippen molar-refractivity contribution < 1.29 is 18.7 Å². The number of carbonyl (C=O) groups excluding carboxylic acids is 2. The fraction of sp³-hybridized carbons (Fsp3) is 0.333. The second-order valence-corrected chi connectivity index (χ2v) is 3.40. The molecule has 1 aromatic rings. The van der Waals surface area contributed by atoms with Gasteiger partial charge < -0.3 is 9.64 Å². The lowest BCUT2D eigenvalue weighted by Crippen LogP contribution is -2.36. The lowest BCUT2D eigenvalue weighted by atomic mass is 10.2. The van der Waals surface area contributed by atoms with E-state index in [9.17, 15) is 14.0 Å². The molecule has 0 N–H and O–H groups in total. The van der Waals surface area contributed by atoms with E-state index in [0.29, 0.717) is 12.1 Å². The number of halogens is 1. The highest BCUT2D eigenvalue weighted by Gasteiger charge is 2.17. The molecule has 0 unspecified atom stereocenters. The molecule has 0 aromatic heterocycles. The highest BCUT2D eigenvalue weighted by Crippen LogP contribution is 2.06. The van der Waals surface area contributed by atoms with Gasteiger partial charge in [0.25, 0.3) is 5.91 Å². The van der Waals surface area contributed by atoms with Crippen molar-refractivity contribution in [2.75, 3.05) is 20.2 Å². The van der Waals surface area contributed by atoms with Gasteiger partial charge in [0, 0.05) is 12.1 Å². The second-order valence-electron chi connectivity index (χ2n) is 3.40. The van der Waals surface area contributed by atoms with Gasteiger partial charge in [0.05, 0.1) is 7.11 Å². The van der Waals surface area contributed by atoms with Crippen LogP contribution in [0.15, 0.2) is 24.3 Å². The van der Waals surface area contributed by atoms with Gasteiger partial charge in [-0.2, -0.15) is 0 Å². The Kier molecular flexibility index (Phi) is 4.63. The molecule has 17 heavy (non-hydrogen) atoms. The molecule has 4 nitrogen and oxygen atoms in total. The zero-order valence-electron chi connectivity index (χ0n) is 9.77. The molecule has 0 saturated heterocycles. The van der Waals surface area contributed by atoms with Crippen LogP contribution in [-0.2, 0) is 9.53 Å². The molecular formula is C12H14FNO3. The number of benzene rings is 1. The summed E-state index contributed by atoms with van der Waals surface area (Å²) in [5.74, 6) is -1.21. The molecule has 0 aliphatic heterocycles. The topological polar surface area (TPSA) is 46.6 Å². The minimum absolute atomic E-state index is 0.108. The Labute approximate surface area is 99.0 Å². The lowest BCUT2D eigenvalue weighted by molar-refractivity contribution is -0.141. The predicted octanol–water partition coefficient (Wildman–Crippen LogP) is 1.46. The molecule has 0 bridgehead atoms. The van der Waals surface area contributed by atoms with Crippen molar-refractivity contribution in [3.8, 4) is 0 Å². The molecule has 92 valence electrons. The van der Waals surface area contributed by atoms with Gasteiger partial charge in [-0.25, -0.2) is 4.39 Å². The third-order valence-electron chi connectivity index (χ3n) is 2.31. The van der Waals surface area contributed by atoms with Gasteiger partial charge in [-0.1, -0.05) is 0 Å². The summed E-state index contributed by atoms with van der Waals surface area (Å²) in [4.78, 5) is 24.4. The Bertz CT molecular complexity index is 403. The molecule has 0 atom stereocenters. The Hall–Kier alpha value is -1.91. The molecule has 0 heterocycles. The smallest absolute Gasteiger partial charge is 0.325 e. The Morgan fingerprint density at radius 3 is 2.35 bits per heavy atom. The normalized spacial score (nSPS) is 9.82. The Morgan fingerprint density at radius 1 is 1.29 bits per heavy atom. The number of rotatable bonds is 4. The summed E-state index contributed by atoms with van der Waals surface area (Å²) in [5, 5.41) is 0. The first-order valence-corrected chi connectivity index (χ1v) is 5.20. The summed E-state index contributed by atoms with van der Waals surface area (Å²) in [6, 6.07) is 5.19. The average Bonchev–Trinajstić information content (AvgIpc) is 2.35. The first-order valence-electron chi connectivity index (χ1n) is 5.20. The minimum Gasteiger partial charge on any atom is -0.468 e. The number of ether oxygens (including phenoxy) is 1. The van der Waals surface area contributed by atoms with Crippen molar-refractivity contribution >= 4 is 11.9 Å². The van der Waals surface area contributed by atoms with Crippen LogP contribution in [0.5, 0.6) is 0 Å². The van der Waals surface area contributed by atoms with E-state index in [-0.39, 0.29) is 12.5 Å². The van der Waals surface area contributed by atoms with E-state index in [1.807, 2.05) is 0 Å². The maximum atomic E-state index is 12.7. The Balaban J connectivity index is 2.78. The van der Waals surface area contributed by atoms with Crippen molar-refractivity contribution in [3.05, 3.63) is 35.6 Å². The van der Waals surface area contributed by atoms with Gasteiger partial charge in [-0.3, -0.25) is 9.59 Å². The van der Waals surface area contributed by atoms with Crippen LogP contribution in [-0.4, -0.2) is 37.0 Å². The second kappa shape index (κ2) is 5.98. The fourth-order valence-corrected chi connectivity index (χ4v) is 1.32. The highest BCUT2D eigenvalue weighted by molar-refractivity contribution is 5.95. The van der Waals surface area contributed by atoms with Crippen LogP contribution in [0.1, 0.15) is 17.3 Å². The van der Waals surface area contributed by atoms with Gasteiger partial charge >= 0.3 is 5.97 Å². The van der Waals surface area contributed by atoms with Gasteiger partial charge in [0.1, 0.15) is 12.4 Å². The first-order chi connectivity index (χ1) is 8.08. The van der Waals surface area contributed by atoms with Crippen LogP contribution < -0.4 is 0 Å². The maximum Gasteiger partial charge on any atom is 0.325 e. The third-order valence-corrected chi connectivity index (χ3v) is 2.31. The van der Waals surface area contributed by atoms with Gasteiger partial charge in [-0.05, 0) is 31.2 Å². The van der Waals surface area contributed by atoms with Crippen molar-refractivity contribution in [1.29, 1.82) is 0 Å². The van der Waals surface area contributed by atoms with Crippen LogP contribution in [0.25, 0.3) is 0 Å². The summed E-state index contributed by atoms with van der Waals surface area (Å²) < 4.78 is 17.2. The van der Waals surface area contributed by atoms with Crippen LogP contribution in [0.3, 0.4) is 0 Å². The Morgan fingerprint density at radius 2 is 1.88 bits per heavy atom. The molecule has 0 aliphatic carbocycles. The standard InChI is InChI=1S/C12H14FNO3/c1-3-14(8-11(15)17-2)12(16)9-4-6-10(13)7-5-9/h4-7H,3,8H2,1-2H3. The van der Waals surface area contributed by atoms with Gasteiger partial charge in [0.15, 0.2) is 0 Å². The summed E-state index contributed by atoms with van der Waals surface area (Å²) in [7, 11) is 1.26. The molecule has 1 rings (SSSR count). The molecule has 1 amide bonds. The quantitative estimate of drug-likeness (QED) is 0.747. The number of amides is 1.